The molecular formula is C8H13N. The van der Waals surface area contributed by atoms with Crippen LogP contribution in [0.4, 0.5) is 0 Å². The van der Waals surface area contributed by atoms with Crippen LogP contribution in [0, 0.1) is 0 Å². The van der Waals surface area contributed by atoms with Gasteiger partial charge in [0.2, 0.25) is 0 Å². The molecule has 50 valence electrons. The van der Waals surface area contributed by atoms with Gasteiger partial charge in [0.1, 0.15) is 0 Å². The van der Waals surface area contributed by atoms with Gasteiger partial charge in [0.25, 0.3) is 0 Å². The van der Waals surface area contributed by atoms with Crippen molar-refractivity contribution in [3.05, 3.63) is 24.0 Å². The molecule has 1 aromatic rings. The molecule has 0 aromatic carbocycles. The second-order valence-corrected chi connectivity index (χ2v) is 2.43. The van der Waals surface area contributed by atoms with Gasteiger partial charge < -0.3 is 4.98 Å². The fourth-order valence-corrected chi connectivity index (χ4v) is 0.871. The Bertz CT molecular complexity index is 153. The molecule has 1 nitrogen and oxygen atoms in total. The van der Waals surface area contributed by atoms with Gasteiger partial charge in [-0.2, -0.15) is 0 Å². The van der Waals surface area contributed by atoms with Crippen molar-refractivity contribution in [2.45, 2.75) is 26.2 Å². The minimum Gasteiger partial charge on any atom is -0.365 e. The third-order valence-electron chi connectivity index (χ3n) is 1.77. The molecule has 1 N–H and O–H groups in total. The van der Waals surface area contributed by atoms with E-state index < -0.39 is 0 Å². The van der Waals surface area contributed by atoms with Crippen LogP contribution in [-0.4, -0.2) is 4.98 Å². The summed E-state index contributed by atoms with van der Waals surface area (Å²) in [5.41, 5.74) is 1.34. The van der Waals surface area contributed by atoms with Crippen LogP contribution in [0.15, 0.2) is 18.3 Å². The molecule has 1 aromatic heterocycles. The fourth-order valence-electron chi connectivity index (χ4n) is 0.871. The molecule has 1 atom stereocenters. The zero-order valence-electron chi connectivity index (χ0n) is 6.02. The number of H-pyrrole nitrogens is 1. The van der Waals surface area contributed by atoms with E-state index in [4.69, 9.17) is 0 Å². The molecular weight excluding hydrogens is 110 g/mol. The molecule has 1 rings (SSSR count). The van der Waals surface area contributed by atoms with Gasteiger partial charge in [0.15, 0.2) is 0 Å². The van der Waals surface area contributed by atoms with Gasteiger partial charge in [-0.15, -0.1) is 0 Å². The van der Waals surface area contributed by atoms with Gasteiger partial charge in [0.05, 0.1) is 0 Å². The van der Waals surface area contributed by atoms with Crippen molar-refractivity contribution in [1.82, 2.24) is 4.98 Å². The highest BCUT2D eigenvalue weighted by molar-refractivity contribution is 5.08. The Kier molecular flexibility index (Phi) is 1.93. The highest BCUT2D eigenvalue weighted by Gasteiger charge is 2.00. The quantitative estimate of drug-likeness (QED) is 0.622. The Labute approximate surface area is 56.1 Å². The summed E-state index contributed by atoms with van der Waals surface area (Å²) in [5.74, 6) is 0.681. The normalized spacial score (nSPS) is 13.6. The number of aromatic nitrogens is 1. The molecule has 0 amide bonds. The molecule has 0 unspecified atom stereocenters. The van der Waals surface area contributed by atoms with Crippen LogP contribution < -0.4 is 0 Å². The summed E-state index contributed by atoms with van der Waals surface area (Å²) in [6, 6.07) is 4.18. The SMILES string of the molecule is CC[C@@H](C)c1ccc[nH]1. The molecule has 1 heteroatoms. The lowest BCUT2D eigenvalue weighted by atomic mass is 10.1. The maximum absolute atomic E-state index is 3.19. The zero-order chi connectivity index (χ0) is 6.69. The van der Waals surface area contributed by atoms with Gasteiger partial charge in [-0.1, -0.05) is 13.8 Å². The molecule has 0 saturated heterocycles. The molecule has 1 heterocycles. The van der Waals surface area contributed by atoms with Crippen LogP contribution in [0.2, 0.25) is 0 Å². The average Bonchev–Trinajstić information content (AvgIpc) is 2.37. The molecule has 0 aliphatic heterocycles. The van der Waals surface area contributed by atoms with Crippen molar-refractivity contribution in [1.29, 1.82) is 0 Å². The lowest BCUT2D eigenvalue weighted by Crippen LogP contribution is -1.89. The molecule has 0 aliphatic carbocycles. The van der Waals surface area contributed by atoms with E-state index in [-0.39, 0.29) is 0 Å². The predicted octanol–water partition coefficient (Wildman–Crippen LogP) is 2.53. The zero-order valence-corrected chi connectivity index (χ0v) is 6.02. The smallest absolute Gasteiger partial charge is 0.0175 e. The number of rotatable bonds is 2. The Morgan fingerprint density at radius 1 is 1.67 bits per heavy atom. The fraction of sp³-hybridized carbons (Fsp3) is 0.500. The first-order valence-corrected chi connectivity index (χ1v) is 3.48. The summed E-state index contributed by atoms with van der Waals surface area (Å²) >= 11 is 0. The predicted molar refractivity (Wildman–Crippen MR) is 39.5 cm³/mol. The lowest BCUT2D eigenvalue weighted by molar-refractivity contribution is 0.713. The Balaban J connectivity index is 2.65. The molecule has 0 spiro atoms. The molecule has 0 bridgehead atoms. The first-order valence-electron chi connectivity index (χ1n) is 3.48. The third-order valence-corrected chi connectivity index (χ3v) is 1.77. The Hall–Kier alpha value is -0.720. The summed E-state index contributed by atoms with van der Waals surface area (Å²) in [7, 11) is 0. The van der Waals surface area contributed by atoms with Crippen molar-refractivity contribution in [3.8, 4) is 0 Å². The first-order chi connectivity index (χ1) is 4.34. The first kappa shape index (κ1) is 6.40. The van der Waals surface area contributed by atoms with Crippen molar-refractivity contribution in [3.63, 3.8) is 0 Å². The maximum Gasteiger partial charge on any atom is 0.0175 e. The van der Waals surface area contributed by atoms with Crippen molar-refractivity contribution >= 4 is 0 Å². The maximum atomic E-state index is 3.19. The van der Waals surface area contributed by atoms with Gasteiger partial charge in [-0.3, -0.25) is 0 Å². The van der Waals surface area contributed by atoms with E-state index in [2.05, 4.69) is 24.9 Å². The monoisotopic (exact) mass is 123 g/mol. The van der Waals surface area contributed by atoms with Gasteiger partial charge in [0, 0.05) is 11.9 Å². The van der Waals surface area contributed by atoms with Gasteiger partial charge in [-0.25, -0.2) is 0 Å². The average molecular weight is 123 g/mol. The van der Waals surface area contributed by atoms with Crippen LogP contribution in [0.3, 0.4) is 0 Å². The lowest BCUT2D eigenvalue weighted by Gasteiger charge is -2.03. The van der Waals surface area contributed by atoms with E-state index in [1.807, 2.05) is 12.3 Å². The Morgan fingerprint density at radius 2 is 2.44 bits per heavy atom. The van der Waals surface area contributed by atoms with E-state index in [1.165, 1.54) is 12.1 Å². The second kappa shape index (κ2) is 2.72. The van der Waals surface area contributed by atoms with Crippen molar-refractivity contribution in [2.75, 3.05) is 0 Å². The summed E-state index contributed by atoms with van der Waals surface area (Å²) < 4.78 is 0. The molecule has 0 aliphatic rings. The van der Waals surface area contributed by atoms with Crippen molar-refractivity contribution in [2.24, 2.45) is 0 Å². The van der Waals surface area contributed by atoms with Crippen LogP contribution >= 0.6 is 0 Å². The number of nitrogens with one attached hydrogen (secondary N) is 1. The largest absolute Gasteiger partial charge is 0.365 e. The summed E-state index contributed by atoms with van der Waals surface area (Å²) in [5, 5.41) is 0. The standard InChI is InChI=1S/C8H13N/c1-3-7(2)8-5-4-6-9-8/h4-7,9H,3H2,1-2H3/t7-/m1/s1. The molecule has 0 fully saturated rings. The van der Waals surface area contributed by atoms with E-state index in [0.29, 0.717) is 5.92 Å². The van der Waals surface area contributed by atoms with Gasteiger partial charge >= 0.3 is 0 Å². The van der Waals surface area contributed by atoms with Crippen LogP contribution in [0.25, 0.3) is 0 Å². The summed E-state index contributed by atoms with van der Waals surface area (Å²) in [6.07, 6.45) is 3.18. The van der Waals surface area contributed by atoms with Crippen LogP contribution in [-0.2, 0) is 0 Å². The van der Waals surface area contributed by atoms with E-state index in [9.17, 15) is 0 Å². The van der Waals surface area contributed by atoms with E-state index in [0.717, 1.165) is 0 Å². The minimum absolute atomic E-state index is 0.681. The van der Waals surface area contributed by atoms with Crippen LogP contribution in [0.1, 0.15) is 31.9 Å². The highest BCUT2D eigenvalue weighted by Crippen LogP contribution is 2.14. The summed E-state index contributed by atoms with van der Waals surface area (Å²) in [4.78, 5) is 3.19. The molecule has 0 radical (unpaired) electrons. The molecule has 0 saturated carbocycles. The van der Waals surface area contributed by atoms with E-state index >= 15 is 0 Å². The number of aromatic amines is 1. The number of hydrogen-bond acceptors (Lipinski definition) is 0. The second-order valence-electron chi connectivity index (χ2n) is 2.43. The third kappa shape index (κ3) is 1.35. The highest BCUT2D eigenvalue weighted by atomic mass is 14.7. The number of hydrogen-bond donors (Lipinski definition) is 1. The summed E-state index contributed by atoms with van der Waals surface area (Å²) in [6.45, 7) is 4.43. The van der Waals surface area contributed by atoms with Gasteiger partial charge in [-0.05, 0) is 24.5 Å². The Morgan fingerprint density at radius 3 is 2.89 bits per heavy atom. The van der Waals surface area contributed by atoms with Crippen LogP contribution in [0.5, 0.6) is 0 Å². The minimum atomic E-state index is 0.681. The van der Waals surface area contributed by atoms with Crippen molar-refractivity contribution < 1.29 is 0 Å². The molecule has 9 heavy (non-hydrogen) atoms. The van der Waals surface area contributed by atoms with E-state index in [1.54, 1.807) is 0 Å². The topological polar surface area (TPSA) is 15.8 Å².